The summed E-state index contributed by atoms with van der Waals surface area (Å²) in [5.74, 6) is 0.428. The fourth-order valence-corrected chi connectivity index (χ4v) is 2.85. The lowest BCUT2D eigenvalue weighted by Gasteiger charge is -2.10. The number of anilines is 1. The lowest BCUT2D eigenvalue weighted by Crippen LogP contribution is -2.34. The van der Waals surface area contributed by atoms with Crippen molar-refractivity contribution in [3.05, 3.63) is 56.6 Å². The van der Waals surface area contributed by atoms with Crippen LogP contribution in [0.25, 0.3) is 0 Å². The predicted octanol–water partition coefficient (Wildman–Crippen LogP) is 4.08. The van der Waals surface area contributed by atoms with E-state index in [1.54, 1.807) is 49.6 Å². The van der Waals surface area contributed by atoms with Gasteiger partial charge in [-0.3, -0.25) is 10.1 Å². The molecule has 2 rings (SSSR count). The third-order valence-corrected chi connectivity index (χ3v) is 4.01. The summed E-state index contributed by atoms with van der Waals surface area (Å²) in [4.78, 5) is 12.2. The molecule has 7 heteroatoms. The molecule has 0 heterocycles. The van der Waals surface area contributed by atoms with Crippen LogP contribution in [0, 0.1) is 3.57 Å². The number of carbonyl (C=O) groups excluding carboxylic acids is 1. The van der Waals surface area contributed by atoms with Gasteiger partial charge in [0.1, 0.15) is 5.75 Å². The zero-order valence-electron chi connectivity index (χ0n) is 11.5. The van der Waals surface area contributed by atoms with Gasteiger partial charge >= 0.3 is 0 Å². The first-order valence-electron chi connectivity index (χ1n) is 6.21. The zero-order chi connectivity index (χ0) is 16.1. The van der Waals surface area contributed by atoms with Gasteiger partial charge in [-0.05, 0) is 71.2 Å². The Morgan fingerprint density at radius 1 is 1.27 bits per heavy atom. The summed E-state index contributed by atoms with van der Waals surface area (Å²) in [5, 5.41) is 6.33. The van der Waals surface area contributed by atoms with Crippen LogP contribution in [0.2, 0.25) is 5.02 Å². The zero-order valence-corrected chi connectivity index (χ0v) is 15.3. The Kier molecular flexibility index (Phi) is 5.98. The minimum absolute atomic E-state index is 0.207. The number of hydrogen-bond donors (Lipinski definition) is 2. The maximum Gasteiger partial charge on any atom is 0.257 e. The third-order valence-electron chi connectivity index (χ3n) is 2.72. The average molecular weight is 447 g/mol. The van der Waals surface area contributed by atoms with E-state index in [2.05, 4.69) is 33.2 Å². The number of carbonyl (C=O) groups is 1. The number of amides is 1. The summed E-state index contributed by atoms with van der Waals surface area (Å²) >= 11 is 13.1. The van der Waals surface area contributed by atoms with Crippen molar-refractivity contribution in [2.24, 2.45) is 0 Å². The van der Waals surface area contributed by atoms with Crippen molar-refractivity contribution in [3.63, 3.8) is 0 Å². The van der Waals surface area contributed by atoms with E-state index in [0.717, 1.165) is 9.32 Å². The molecule has 0 aliphatic carbocycles. The Balaban J connectivity index is 2.02. The molecule has 4 nitrogen and oxygen atoms in total. The summed E-state index contributed by atoms with van der Waals surface area (Å²) < 4.78 is 6.01. The molecule has 2 N–H and O–H groups in total. The highest BCUT2D eigenvalue weighted by molar-refractivity contribution is 14.1. The number of benzene rings is 2. The Hall–Kier alpha value is -1.38. The van der Waals surface area contributed by atoms with E-state index >= 15 is 0 Å². The van der Waals surface area contributed by atoms with Gasteiger partial charge < -0.3 is 10.1 Å². The second-order valence-corrected chi connectivity index (χ2v) is 6.27. The monoisotopic (exact) mass is 446 g/mol. The van der Waals surface area contributed by atoms with Crippen LogP contribution < -0.4 is 15.4 Å². The Morgan fingerprint density at radius 2 is 2.05 bits per heavy atom. The van der Waals surface area contributed by atoms with Crippen LogP contribution >= 0.6 is 46.4 Å². The molecule has 0 fully saturated rings. The topological polar surface area (TPSA) is 50.4 Å². The maximum absolute atomic E-state index is 12.2. The van der Waals surface area contributed by atoms with Crippen molar-refractivity contribution in [3.8, 4) is 5.75 Å². The van der Waals surface area contributed by atoms with Crippen molar-refractivity contribution in [2.45, 2.75) is 0 Å². The molecule has 114 valence electrons. The van der Waals surface area contributed by atoms with Crippen LogP contribution in [0.15, 0.2) is 42.5 Å². The Bertz CT molecular complexity index is 724. The molecule has 0 atom stereocenters. The molecule has 0 aliphatic heterocycles. The van der Waals surface area contributed by atoms with Crippen LogP contribution in [-0.2, 0) is 0 Å². The van der Waals surface area contributed by atoms with E-state index in [4.69, 9.17) is 28.6 Å². The summed E-state index contributed by atoms with van der Waals surface area (Å²) in [6, 6.07) is 12.2. The first-order chi connectivity index (χ1) is 10.5. The lowest BCUT2D eigenvalue weighted by atomic mass is 10.2. The van der Waals surface area contributed by atoms with E-state index in [9.17, 15) is 4.79 Å². The van der Waals surface area contributed by atoms with Crippen molar-refractivity contribution in [1.82, 2.24) is 5.32 Å². The number of nitrogens with one attached hydrogen (secondary N) is 2. The molecule has 0 unspecified atom stereocenters. The molecular formula is C15H12ClIN2O2S. The molecule has 2 aromatic carbocycles. The maximum atomic E-state index is 12.2. The van der Waals surface area contributed by atoms with Gasteiger partial charge in [-0.2, -0.15) is 0 Å². The van der Waals surface area contributed by atoms with Crippen molar-refractivity contribution in [1.29, 1.82) is 0 Å². The largest absolute Gasteiger partial charge is 0.496 e. The first-order valence-corrected chi connectivity index (χ1v) is 8.07. The van der Waals surface area contributed by atoms with Gasteiger partial charge in [0, 0.05) is 16.3 Å². The molecular weight excluding hydrogens is 435 g/mol. The van der Waals surface area contributed by atoms with Gasteiger partial charge in [0.05, 0.1) is 10.7 Å². The average Bonchev–Trinajstić information content (AvgIpc) is 2.46. The van der Waals surface area contributed by atoms with Crippen molar-refractivity contribution >= 4 is 63.1 Å². The van der Waals surface area contributed by atoms with E-state index in [1.165, 1.54) is 0 Å². The summed E-state index contributed by atoms with van der Waals surface area (Å²) in [5.41, 5.74) is 1.21. The number of rotatable bonds is 3. The quantitative estimate of drug-likeness (QED) is 0.551. The molecule has 22 heavy (non-hydrogen) atoms. The number of hydrogen-bond acceptors (Lipinski definition) is 3. The van der Waals surface area contributed by atoms with E-state index in [1.807, 2.05) is 0 Å². The van der Waals surface area contributed by atoms with Crippen LogP contribution in [0.3, 0.4) is 0 Å². The van der Waals surface area contributed by atoms with Gasteiger partial charge in [0.25, 0.3) is 5.91 Å². The number of methoxy groups -OCH3 is 1. The van der Waals surface area contributed by atoms with Gasteiger partial charge in [-0.25, -0.2) is 0 Å². The highest BCUT2D eigenvalue weighted by Crippen LogP contribution is 2.21. The van der Waals surface area contributed by atoms with E-state index in [0.29, 0.717) is 16.3 Å². The fraction of sp³-hybridized carbons (Fsp3) is 0.0667. The molecule has 0 spiro atoms. The van der Waals surface area contributed by atoms with Crippen LogP contribution in [0.1, 0.15) is 10.4 Å². The standard InChI is InChI=1S/C15H12ClIN2O2S/c1-21-13-6-5-9(7-12(13)17)14(20)19-15(22)18-11-4-2-3-10(16)8-11/h2-8H,1H3,(H2,18,19,20,22). The second-order valence-electron chi connectivity index (χ2n) is 4.27. The second kappa shape index (κ2) is 7.75. The van der Waals surface area contributed by atoms with Gasteiger partial charge in [0.15, 0.2) is 5.11 Å². The molecule has 2 aromatic rings. The highest BCUT2D eigenvalue weighted by Gasteiger charge is 2.10. The summed E-state index contributed by atoms with van der Waals surface area (Å²) in [7, 11) is 1.58. The van der Waals surface area contributed by atoms with Gasteiger partial charge in [0.2, 0.25) is 0 Å². The van der Waals surface area contributed by atoms with E-state index < -0.39 is 0 Å². The van der Waals surface area contributed by atoms with Crippen LogP contribution in [-0.4, -0.2) is 18.1 Å². The Morgan fingerprint density at radius 3 is 2.68 bits per heavy atom. The van der Waals surface area contributed by atoms with Crippen molar-refractivity contribution in [2.75, 3.05) is 12.4 Å². The van der Waals surface area contributed by atoms with Gasteiger partial charge in [-0.15, -0.1) is 0 Å². The van der Waals surface area contributed by atoms with Crippen molar-refractivity contribution < 1.29 is 9.53 Å². The fourth-order valence-electron chi connectivity index (χ4n) is 1.71. The predicted molar refractivity (Wildman–Crippen MR) is 101 cm³/mol. The third kappa shape index (κ3) is 4.56. The SMILES string of the molecule is COc1ccc(C(=O)NC(=S)Nc2cccc(Cl)c2)cc1I. The smallest absolute Gasteiger partial charge is 0.257 e. The molecule has 0 radical (unpaired) electrons. The number of ether oxygens (including phenoxy) is 1. The molecule has 1 amide bonds. The van der Waals surface area contributed by atoms with Crippen LogP contribution in [0.5, 0.6) is 5.75 Å². The van der Waals surface area contributed by atoms with Gasteiger partial charge in [-0.1, -0.05) is 17.7 Å². The molecule has 0 saturated heterocycles. The highest BCUT2D eigenvalue weighted by atomic mass is 127. The summed E-state index contributed by atoms with van der Waals surface area (Å²) in [6.07, 6.45) is 0. The number of halogens is 2. The summed E-state index contributed by atoms with van der Waals surface area (Å²) in [6.45, 7) is 0. The molecule has 0 saturated carbocycles. The minimum Gasteiger partial charge on any atom is -0.496 e. The molecule has 0 aliphatic rings. The number of thiocarbonyl (C=S) groups is 1. The minimum atomic E-state index is -0.292. The molecule has 0 bridgehead atoms. The van der Waals surface area contributed by atoms with E-state index in [-0.39, 0.29) is 11.0 Å². The van der Waals surface area contributed by atoms with Crippen LogP contribution in [0.4, 0.5) is 5.69 Å². The lowest BCUT2D eigenvalue weighted by molar-refractivity contribution is 0.0977. The Labute approximate surface area is 152 Å². The normalized spacial score (nSPS) is 9.95. The molecule has 0 aromatic heterocycles. The first kappa shape index (κ1) is 17.0.